The molecule has 0 unspecified atom stereocenters. The fraction of sp³-hybridized carbons (Fsp3) is 0.270. The molecule has 10 heteroatoms. The predicted molar refractivity (Wildman–Crippen MR) is 180 cm³/mol. The Kier molecular flexibility index (Phi) is 10.2. The van der Waals surface area contributed by atoms with Crippen molar-refractivity contribution in [1.29, 1.82) is 0 Å². The Balaban J connectivity index is 1.05. The second kappa shape index (κ2) is 15.0. The summed E-state index contributed by atoms with van der Waals surface area (Å²) in [6, 6.07) is 30.8. The smallest absolute Gasteiger partial charge is 0.224 e. The van der Waals surface area contributed by atoms with E-state index in [1.165, 1.54) is 0 Å². The molecule has 1 aromatic heterocycles. The number of imidazole rings is 1. The molecule has 1 aliphatic rings. The lowest BCUT2D eigenvalue weighted by molar-refractivity contribution is -0.252. The lowest BCUT2D eigenvalue weighted by Gasteiger charge is -2.36. The average molecular weight is 634 g/mol. The molecule has 47 heavy (non-hydrogen) atoms. The molecular weight excluding hydrogens is 594 g/mol. The highest BCUT2D eigenvalue weighted by Gasteiger charge is 2.32. The molecule has 0 saturated carbocycles. The maximum atomic E-state index is 12.5. The van der Waals surface area contributed by atoms with E-state index in [4.69, 9.17) is 15.2 Å². The molecule has 0 radical (unpaired) electrons. The lowest BCUT2D eigenvalue weighted by atomic mass is 9.99. The van der Waals surface area contributed by atoms with E-state index in [-0.39, 0.29) is 43.5 Å². The number of hydrogen-bond donors (Lipinski definition) is 4. The van der Waals surface area contributed by atoms with Crippen LogP contribution in [0.25, 0.3) is 11.0 Å². The van der Waals surface area contributed by atoms with Gasteiger partial charge in [0.15, 0.2) is 6.29 Å². The Labute approximate surface area is 273 Å². The molecule has 4 aromatic carbocycles. The Hall–Kier alpha value is -5.03. The van der Waals surface area contributed by atoms with Crippen LogP contribution in [0.1, 0.15) is 60.3 Å². The number of para-hydroxylation sites is 4. The molecule has 0 bridgehead atoms. The number of aromatic nitrogens is 2. The van der Waals surface area contributed by atoms with Crippen LogP contribution in [0.5, 0.6) is 0 Å². The zero-order valence-corrected chi connectivity index (χ0v) is 26.0. The second-order valence-corrected chi connectivity index (χ2v) is 11.7. The first kappa shape index (κ1) is 31.9. The van der Waals surface area contributed by atoms with Crippen molar-refractivity contribution in [1.82, 2.24) is 14.9 Å². The van der Waals surface area contributed by atoms with E-state index in [0.717, 1.165) is 33.3 Å². The first-order chi connectivity index (χ1) is 22.9. The first-order valence-electron chi connectivity index (χ1n) is 15.9. The van der Waals surface area contributed by atoms with Gasteiger partial charge in [-0.25, -0.2) is 4.98 Å². The molecule has 1 saturated heterocycles. The van der Waals surface area contributed by atoms with Crippen molar-refractivity contribution < 1.29 is 24.2 Å². The van der Waals surface area contributed by atoms with Crippen molar-refractivity contribution >= 4 is 34.2 Å². The van der Waals surface area contributed by atoms with Crippen LogP contribution in [0.4, 0.5) is 11.4 Å². The van der Waals surface area contributed by atoms with Crippen LogP contribution in [0.15, 0.2) is 103 Å². The van der Waals surface area contributed by atoms with Crippen molar-refractivity contribution in [3.63, 3.8) is 0 Å². The molecule has 10 nitrogen and oxygen atoms in total. The van der Waals surface area contributed by atoms with Crippen molar-refractivity contribution in [3.05, 3.63) is 126 Å². The zero-order chi connectivity index (χ0) is 32.6. The highest BCUT2D eigenvalue weighted by Crippen LogP contribution is 2.38. The minimum absolute atomic E-state index is 0.0114. The van der Waals surface area contributed by atoms with E-state index >= 15 is 0 Å². The van der Waals surface area contributed by atoms with Crippen LogP contribution >= 0.6 is 0 Å². The van der Waals surface area contributed by atoms with Gasteiger partial charge in [-0.1, -0.05) is 72.8 Å². The largest absolute Gasteiger partial charge is 0.397 e. The number of nitrogen functional groups attached to an aromatic ring is 1. The second-order valence-electron chi connectivity index (χ2n) is 11.7. The minimum atomic E-state index is -0.591. The fourth-order valence-electron chi connectivity index (χ4n) is 5.72. The number of nitrogens with one attached hydrogen (secondary N) is 2. The average Bonchev–Trinajstić information content (AvgIpc) is 3.51. The summed E-state index contributed by atoms with van der Waals surface area (Å²) >= 11 is 0. The number of aliphatic hydroxyl groups is 1. The number of amides is 2. The lowest BCUT2D eigenvalue weighted by Crippen LogP contribution is -2.32. The van der Waals surface area contributed by atoms with E-state index in [9.17, 15) is 14.7 Å². The number of aliphatic hydroxyl groups excluding tert-OH is 1. The Morgan fingerprint density at radius 2 is 1.55 bits per heavy atom. The number of anilines is 2. The zero-order valence-electron chi connectivity index (χ0n) is 26.0. The summed E-state index contributed by atoms with van der Waals surface area (Å²) in [6.07, 6.45) is 2.48. The van der Waals surface area contributed by atoms with Crippen molar-refractivity contribution in [2.45, 2.75) is 63.9 Å². The first-order valence-corrected chi connectivity index (χ1v) is 15.9. The van der Waals surface area contributed by atoms with Crippen molar-refractivity contribution in [3.8, 4) is 0 Å². The molecule has 5 aromatic rings. The number of carbonyl (C=O) groups excluding carboxylic acids is 2. The SMILES string of the molecule is Nc1ccccc1NC(=O)CCCC(=O)NCc1ccc([C@H]2O[C@@H](Cn3cnc4ccccc43)C[C@@H](c3ccc(CO)cc3)O2)cc1. The van der Waals surface area contributed by atoms with Crippen LogP contribution < -0.4 is 16.4 Å². The Morgan fingerprint density at radius 1 is 0.851 bits per heavy atom. The molecule has 0 aliphatic carbocycles. The summed E-state index contributed by atoms with van der Waals surface area (Å²) in [7, 11) is 0. The van der Waals surface area contributed by atoms with Gasteiger partial charge in [0, 0.05) is 31.4 Å². The van der Waals surface area contributed by atoms with E-state index in [1.54, 1.807) is 24.3 Å². The predicted octanol–water partition coefficient (Wildman–Crippen LogP) is 5.78. The van der Waals surface area contributed by atoms with Gasteiger partial charge in [0.25, 0.3) is 0 Å². The van der Waals surface area contributed by atoms with Gasteiger partial charge in [-0.3, -0.25) is 9.59 Å². The Bertz CT molecular complexity index is 1800. The van der Waals surface area contributed by atoms with Gasteiger partial charge in [-0.15, -0.1) is 0 Å². The maximum absolute atomic E-state index is 12.5. The number of nitrogens with two attached hydrogens (primary N) is 1. The normalized spacial score (nSPS) is 17.8. The van der Waals surface area contributed by atoms with E-state index in [2.05, 4.69) is 26.3 Å². The van der Waals surface area contributed by atoms with Gasteiger partial charge >= 0.3 is 0 Å². The summed E-state index contributed by atoms with van der Waals surface area (Å²) in [5.74, 6) is -0.298. The molecule has 2 amide bonds. The molecule has 5 N–H and O–H groups in total. The van der Waals surface area contributed by atoms with E-state index in [0.29, 0.717) is 37.3 Å². The monoisotopic (exact) mass is 633 g/mol. The van der Waals surface area contributed by atoms with Crippen LogP contribution in [0.3, 0.4) is 0 Å². The standard InChI is InChI=1S/C37H39N5O5/c38-30-6-1-2-7-31(30)41-36(45)11-5-10-35(44)39-21-25-12-18-28(19-13-25)37-46-29(22-42-24-40-32-8-3-4-9-33(32)42)20-34(47-37)27-16-14-26(23-43)15-17-27/h1-4,6-9,12-19,24,29,34,37,43H,5,10-11,20-23,38H2,(H,39,44)(H,41,45)/t29-,34+,37+/m1/s1. The fourth-order valence-corrected chi connectivity index (χ4v) is 5.72. The number of fused-ring (bicyclic) bond motifs is 1. The number of benzene rings is 4. The topological polar surface area (TPSA) is 141 Å². The molecule has 242 valence electrons. The van der Waals surface area contributed by atoms with Crippen LogP contribution in [0.2, 0.25) is 0 Å². The van der Waals surface area contributed by atoms with Crippen molar-refractivity contribution in [2.75, 3.05) is 11.1 Å². The summed E-state index contributed by atoms with van der Waals surface area (Å²) in [5.41, 5.74) is 12.6. The molecule has 0 spiro atoms. The van der Waals surface area contributed by atoms with Crippen LogP contribution in [0, 0.1) is 0 Å². The molecule has 3 atom stereocenters. The number of ether oxygens (including phenoxy) is 2. The number of hydrogen-bond acceptors (Lipinski definition) is 7. The quantitative estimate of drug-likeness (QED) is 0.128. The molecule has 2 heterocycles. The molecule has 1 fully saturated rings. The number of nitrogens with zero attached hydrogens (tertiary/aromatic N) is 2. The van der Waals surface area contributed by atoms with Gasteiger partial charge in [0.05, 0.1) is 54.1 Å². The van der Waals surface area contributed by atoms with Gasteiger partial charge in [-0.2, -0.15) is 0 Å². The summed E-state index contributed by atoms with van der Waals surface area (Å²) < 4.78 is 15.1. The van der Waals surface area contributed by atoms with Crippen LogP contribution in [-0.2, 0) is 38.8 Å². The summed E-state index contributed by atoms with van der Waals surface area (Å²) in [5, 5.41) is 15.2. The summed E-state index contributed by atoms with van der Waals surface area (Å²) in [6.45, 7) is 0.981. The van der Waals surface area contributed by atoms with Gasteiger partial charge in [-0.05, 0) is 47.4 Å². The third kappa shape index (κ3) is 8.23. The number of rotatable bonds is 12. The highest BCUT2D eigenvalue weighted by molar-refractivity contribution is 5.94. The van der Waals surface area contributed by atoms with Gasteiger partial charge in [0.1, 0.15) is 0 Å². The van der Waals surface area contributed by atoms with Gasteiger partial charge < -0.3 is 35.5 Å². The molecule has 1 aliphatic heterocycles. The summed E-state index contributed by atoms with van der Waals surface area (Å²) in [4.78, 5) is 29.2. The molecular formula is C37H39N5O5. The van der Waals surface area contributed by atoms with Crippen molar-refractivity contribution in [2.24, 2.45) is 0 Å². The van der Waals surface area contributed by atoms with E-state index in [1.807, 2.05) is 73.1 Å². The maximum Gasteiger partial charge on any atom is 0.224 e. The third-order valence-electron chi connectivity index (χ3n) is 8.33. The van der Waals surface area contributed by atoms with Gasteiger partial charge in [0.2, 0.25) is 11.8 Å². The minimum Gasteiger partial charge on any atom is -0.397 e. The Morgan fingerprint density at radius 3 is 2.34 bits per heavy atom. The number of carbonyl (C=O) groups is 2. The van der Waals surface area contributed by atoms with Crippen LogP contribution in [-0.4, -0.2) is 32.6 Å². The highest BCUT2D eigenvalue weighted by atomic mass is 16.7. The third-order valence-corrected chi connectivity index (χ3v) is 8.33. The van der Waals surface area contributed by atoms with E-state index < -0.39 is 6.29 Å². The molecule has 6 rings (SSSR count).